The van der Waals surface area contributed by atoms with E-state index in [4.69, 9.17) is 33.4 Å². The average molecular weight is 634 g/mol. The quantitative estimate of drug-likeness (QED) is 0.253. The number of Topliss-reactive ketones (excluding diaryl/α,β-unsaturated/α-hetero) is 1. The van der Waals surface area contributed by atoms with Crippen molar-refractivity contribution in [3.05, 3.63) is 111 Å². The molecule has 3 aromatic carbocycles. The van der Waals surface area contributed by atoms with E-state index < -0.39 is 36.3 Å². The highest BCUT2D eigenvalue weighted by atomic mass is 35.5. The molecule has 0 spiro atoms. The summed E-state index contributed by atoms with van der Waals surface area (Å²) < 4.78 is 5.68. The Labute approximate surface area is 264 Å². The van der Waals surface area contributed by atoms with Gasteiger partial charge in [0.15, 0.2) is 6.17 Å². The number of carbonyl (C=O) groups excluding carboxylic acids is 3. The van der Waals surface area contributed by atoms with Crippen LogP contribution in [0.25, 0.3) is 0 Å². The smallest absolute Gasteiger partial charge is 0.286 e. The first-order chi connectivity index (χ1) is 21.0. The lowest BCUT2D eigenvalue weighted by Crippen LogP contribution is -2.51. The third-order valence-corrected chi connectivity index (χ3v) is 7.67. The van der Waals surface area contributed by atoms with Crippen molar-refractivity contribution in [1.82, 2.24) is 15.5 Å². The molecule has 1 aromatic heterocycles. The summed E-state index contributed by atoms with van der Waals surface area (Å²) in [6.45, 7) is 5.10. The van der Waals surface area contributed by atoms with Crippen molar-refractivity contribution >= 4 is 52.2 Å². The SMILES string of the molecule is Cc1cccc(Cc2nnc(C(=O)C(NC(=O)CN3C(=O)C(N)N=C(c4ccccc4Cl)c4cc(Cl)ccc43)C(C)C)o2)c1. The summed E-state index contributed by atoms with van der Waals surface area (Å²) in [5.74, 6) is -2.01. The fourth-order valence-electron chi connectivity index (χ4n) is 4.96. The second-order valence-electron chi connectivity index (χ2n) is 10.8. The van der Waals surface area contributed by atoms with Crippen LogP contribution in [0.15, 0.2) is 76.1 Å². The van der Waals surface area contributed by atoms with Gasteiger partial charge in [-0.05, 0) is 42.7 Å². The molecule has 0 saturated carbocycles. The van der Waals surface area contributed by atoms with Crippen LogP contribution in [-0.4, -0.2) is 52.3 Å². The molecule has 5 rings (SSSR count). The monoisotopic (exact) mass is 632 g/mol. The van der Waals surface area contributed by atoms with E-state index in [1.165, 1.54) is 4.90 Å². The number of carbonyl (C=O) groups is 3. The molecule has 0 aliphatic carbocycles. The molecule has 4 aromatic rings. The van der Waals surface area contributed by atoms with E-state index in [0.717, 1.165) is 11.1 Å². The maximum atomic E-state index is 13.5. The molecule has 12 heteroatoms. The van der Waals surface area contributed by atoms with Gasteiger partial charge in [-0.25, -0.2) is 0 Å². The lowest BCUT2D eigenvalue weighted by molar-refractivity contribution is -0.124. The Morgan fingerprint density at radius 1 is 1.02 bits per heavy atom. The Kier molecular flexibility index (Phi) is 9.24. The van der Waals surface area contributed by atoms with E-state index in [9.17, 15) is 14.4 Å². The third kappa shape index (κ3) is 6.72. The Morgan fingerprint density at radius 3 is 2.52 bits per heavy atom. The minimum absolute atomic E-state index is 0.211. The van der Waals surface area contributed by atoms with Crippen LogP contribution >= 0.6 is 23.2 Å². The van der Waals surface area contributed by atoms with Gasteiger partial charge >= 0.3 is 0 Å². The first kappa shape index (κ1) is 31.1. The summed E-state index contributed by atoms with van der Waals surface area (Å²) in [4.78, 5) is 46.0. The van der Waals surface area contributed by atoms with Crippen LogP contribution in [0.1, 0.15) is 52.7 Å². The summed E-state index contributed by atoms with van der Waals surface area (Å²) in [6, 6.07) is 18.7. The standard InChI is InChI=1S/C32H30Cl2N6O4/c1-17(2)27(29(42)31-39-38-26(44-31)14-19-8-6-7-18(3)13-19)36-25(41)16-40-24-12-11-20(33)15-22(24)28(37-30(35)32(40)43)21-9-4-5-10-23(21)34/h4-13,15,17,27,30H,14,16,35H2,1-3H3,(H,36,41). The normalized spacial score (nSPS) is 15.4. The van der Waals surface area contributed by atoms with Gasteiger partial charge in [0.1, 0.15) is 6.54 Å². The van der Waals surface area contributed by atoms with Crippen molar-refractivity contribution in [3.8, 4) is 0 Å². The van der Waals surface area contributed by atoms with Crippen molar-refractivity contribution in [2.24, 2.45) is 16.6 Å². The van der Waals surface area contributed by atoms with Crippen LogP contribution in [0.3, 0.4) is 0 Å². The Hall–Kier alpha value is -4.38. The molecule has 2 atom stereocenters. The number of anilines is 1. The number of fused-ring (bicyclic) bond motifs is 1. The Bertz CT molecular complexity index is 1770. The first-order valence-electron chi connectivity index (χ1n) is 13.9. The van der Waals surface area contributed by atoms with Crippen LogP contribution < -0.4 is 16.0 Å². The predicted octanol–water partition coefficient (Wildman–Crippen LogP) is 4.77. The highest BCUT2D eigenvalue weighted by molar-refractivity contribution is 6.37. The lowest BCUT2D eigenvalue weighted by atomic mass is 9.99. The Morgan fingerprint density at radius 2 is 1.80 bits per heavy atom. The largest absolute Gasteiger partial charge is 0.418 e. The number of ketones is 1. The van der Waals surface area contributed by atoms with Crippen molar-refractivity contribution in [3.63, 3.8) is 0 Å². The number of aromatic nitrogens is 2. The molecule has 0 fully saturated rings. The van der Waals surface area contributed by atoms with Gasteiger partial charge in [-0.1, -0.05) is 85.1 Å². The number of nitrogens with zero attached hydrogens (tertiary/aromatic N) is 4. The number of aryl methyl sites for hydroxylation is 1. The molecule has 2 heterocycles. The van der Waals surface area contributed by atoms with E-state index in [0.29, 0.717) is 39.0 Å². The number of rotatable bonds is 9. The van der Waals surface area contributed by atoms with Crippen molar-refractivity contribution < 1.29 is 18.8 Å². The molecule has 0 radical (unpaired) electrons. The predicted molar refractivity (Wildman–Crippen MR) is 168 cm³/mol. The van der Waals surface area contributed by atoms with E-state index in [1.54, 1.807) is 56.3 Å². The van der Waals surface area contributed by atoms with E-state index in [-0.39, 0.29) is 17.7 Å². The first-order valence-corrected chi connectivity index (χ1v) is 14.7. The Balaban J connectivity index is 1.37. The number of hydrogen-bond acceptors (Lipinski definition) is 8. The van der Waals surface area contributed by atoms with Crippen molar-refractivity contribution in [2.45, 2.75) is 39.4 Å². The molecule has 0 saturated heterocycles. The third-order valence-electron chi connectivity index (χ3n) is 7.10. The minimum Gasteiger partial charge on any atom is -0.418 e. The highest BCUT2D eigenvalue weighted by Crippen LogP contribution is 2.32. The zero-order valence-corrected chi connectivity index (χ0v) is 25.8. The number of nitrogens with two attached hydrogens (primary N) is 1. The fraction of sp³-hybridized carbons (Fsp3) is 0.250. The van der Waals surface area contributed by atoms with Crippen LogP contribution in [0.2, 0.25) is 10.0 Å². The average Bonchev–Trinajstić information content (AvgIpc) is 3.42. The molecule has 2 unspecified atom stereocenters. The number of halogens is 2. The van der Waals surface area contributed by atoms with Gasteiger partial charge in [-0.15, -0.1) is 10.2 Å². The van der Waals surface area contributed by atoms with Crippen LogP contribution in [-0.2, 0) is 16.0 Å². The number of hydrogen-bond donors (Lipinski definition) is 2. The molecular formula is C32H30Cl2N6O4. The van der Waals surface area contributed by atoms with Gasteiger partial charge in [-0.3, -0.25) is 24.3 Å². The molecule has 1 aliphatic heterocycles. The maximum Gasteiger partial charge on any atom is 0.286 e. The van der Waals surface area contributed by atoms with Crippen LogP contribution in [0.4, 0.5) is 5.69 Å². The zero-order chi connectivity index (χ0) is 31.5. The summed E-state index contributed by atoms with van der Waals surface area (Å²) in [7, 11) is 0. The van der Waals surface area contributed by atoms with Gasteiger partial charge in [-0.2, -0.15) is 0 Å². The van der Waals surface area contributed by atoms with Crippen molar-refractivity contribution in [2.75, 3.05) is 11.4 Å². The fourth-order valence-corrected chi connectivity index (χ4v) is 5.36. The highest BCUT2D eigenvalue weighted by Gasteiger charge is 2.34. The van der Waals surface area contributed by atoms with Gasteiger partial charge < -0.3 is 15.5 Å². The number of benzene rings is 3. The van der Waals surface area contributed by atoms with Gasteiger partial charge in [0.25, 0.3) is 11.8 Å². The van der Waals surface area contributed by atoms with Gasteiger partial charge in [0.05, 0.1) is 23.9 Å². The number of benzodiazepines with no additional fused rings is 1. The maximum absolute atomic E-state index is 13.5. The number of nitrogens with one attached hydrogen (secondary N) is 1. The molecular weight excluding hydrogens is 603 g/mol. The molecule has 0 bridgehead atoms. The van der Waals surface area contributed by atoms with E-state index in [2.05, 4.69) is 20.5 Å². The van der Waals surface area contributed by atoms with E-state index >= 15 is 0 Å². The lowest BCUT2D eigenvalue weighted by Gasteiger charge is -2.26. The minimum atomic E-state index is -1.33. The number of amides is 2. The topological polar surface area (TPSA) is 144 Å². The van der Waals surface area contributed by atoms with Crippen molar-refractivity contribution in [1.29, 1.82) is 0 Å². The molecule has 3 N–H and O–H groups in total. The molecule has 10 nitrogen and oxygen atoms in total. The zero-order valence-electron chi connectivity index (χ0n) is 24.3. The molecule has 2 amide bonds. The summed E-state index contributed by atoms with van der Waals surface area (Å²) in [5.41, 5.74) is 10.0. The number of aliphatic imine (C=N–C) groups is 1. The second-order valence-corrected chi connectivity index (χ2v) is 11.7. The molecule has 44 heavy (non-hydrogen) atoms. The van der Waals surface area contributed by atoms with Gasteiger partial charge in [0, 0.05) is 21.2 Å². The summed E-state index contributed by atoms with van der Waals surface area (Å²) in [5, 5.41) is 11.5. The van der Waals surface area contributed by atoms with Gasteiger partial charge in [0.2, 0.25) is 17.6 Å². The summed E-state index contributed by atoms with van der Waals surface area (Å²) in [6.07, 6.45) is -0.965. The summed E-state index contributed by atoms with van der Waals surface area (Å²) >= 11 is 12.8. The molecule has 1 aliphatic rings. The second kappa shape index (κ2) is 13.1. The molecule has 226 valence electrons. The van der Waals surface area contributed by atoms with E-state index in [1.807, 2.05) is 31.2 Å². The van der Waals surface area contributed by atoms with Crippen LogP contribution in [0, 0.1) is 12.8 Å². The van der Waals surface area contributed by atoms with Crippen LogP contribution in [0.5, 0.6) is 0 Å².